The van der Waals surface area contributed by atoms with E-state index in [1.165, 1.54) is 6.92 Å². The SMILES string of the molecule is CC(O)(C=O)Cc1cccs1. The summed E-state index contributed by atoms with van der Waals surface area (Å²) in [5.41, 5.74) is -1.20. The van der Waals surface area contributed by atoms with E-state index < -0.39 is 5.60 Å². The van der Waals surface area contributed by atoms with Gasteiger partial charge in [-0.15, -0.1) is 11.3 Å². The summed E-state index contributed by atoms with van der Waals surface area (Å²) in [7, 11) is 0. The monoisotopic (exact) mass is 170 g/mol. The molecule has 1 atom stereocenters. The van der Waals surface area contributed by atoms with Gasteiger partial charge in [0.15, 0.2) is 6.29 Å². The maximum absolute atomic E-state index is 10.3. The molecule has 1 unspecified atom stereocenters. The summed E-state index contributed by atoms with van der Waals surface area (Å²) in [4.78, 5) is 11.3. The van der Waals surface area contributed by atoms with Crippen molar-refractivity contribution < 1.29 is 9.90 Å². The minimum atomic E-state index is -1.20. The Labute approximate surface area is 69.5 Å². The van der Waals surface area contributed by atoms with Crippen LogP contribution in [0.5, 0.6) is 0 Å². The molecule has 11 heavy (non-hydrogen) atoms. The summed E-state index contributed by atoms with van der Waals surface area (Å²) < 4.78 is 0. The zero-order chi connectivity index (χ0) is 8.32. The van der Waals surface area contributed by atoms with Crippen LogP contribution in [0.1, 0.15) is 11.8 Å². The Morgan fingerprint density at radius 3 is 3.00 bits per heavy atom. The van der Waals surface area contributed by atoms with Crippen LogP contribution in [0.15, 0.2) is 17.5 Å². The van der Waals surface area contributed by atoms with Crippen LogP contribution in [0.2, 0.25) is 0 Å². The van der Waals surface area contributed by atoms with E-state index in [1.807, 2.05) is 17.5 Å². The van der Waals surface area contributed by atoms with Gasteiger partial charge in [0.1, 0.15) is 5.60 Å². The number of hydrogen-bond acceptors (Lipinski definition) is 3. The topological polar surface area (TPSA) is 37.3 Å². The predicted octanol–water partition coefficient (Wildman–Crippen LogP) is 1.24. The molecule has 0 aliphatic rings. The number of hydrogen-bond donors (Lipinski definition) is 1. The lowest BCUT2D eigenvalue weighted by atomic mass is 10.0. The highest BCUT2D eigenvalue weighted by Gasteiger charge is 2.19. The van der Waals surface area contributed by atoms with Gasteiger partial charge in [-0.1, -0.05) is 6.07 Å². The molecule has 1 aromatic rings. The van der Waals surface area contributed by atoms with Crippen LogP contribution in [-0.2, 0) is 11.2 Å². The molecule has 60 valence electrons. The molecule has 0 aliphatic carbocycles. The summed E-state index contributed by atoms with van der Waals surface area (Å²) in [6, 6.07) is 3.81. The molecule has 1 heterocycles. The molecule has 0 spiro atoms. The first-order valence-corrected chi connectivity index (χ1v) is 4.23. The lowest BCUT2D eigenvalue weighted by Gasteiger charge is -2.13. The number of carbonyl (C=O) groups is 1. The van der Waals surface area contributed by atoms with Gasteiger partial charge in [0.25, 0.3) is 0 Å². The average Bonchev–Trinajstić information content (AvgIpc) is 2.39. The zero-order valence-corrected chi connectivity index (χ0v) is 7.10. The normalized spacial score (nSPS) is 15.8. The van der Waals surface area contributed by atoms with Crippen LogP contribution in [0, 0.1) is 0 Å². The van der Waals surface area contributed by atoms with E-state index in [2.05, 4.69) is 0 Å². The van der Waals surface area contributed by atoms with Crippen molar-refractivity contribution in [1.29, 1.82) is 0 Å². The smallest absolute Gasteiger partial charge is 0.151 e. The van der Waals surface area contributed by atoms with E-state index in [0.29, 0.717) is 12.7 Å². The van der Waals surface area contributed by atoms with Gasteiger partial charge in [-0.3, -0.25) is 0 Å². The van der Waals surface area contributed by atoms with Crippen LogP contribution < -0.4 is 0 Å². The van der Waals surface area contributed by atoms with Gasteiger partial charge in [-0.25, -0.2) is 0 Å². The second-order valence-electron chi connectivity index (χ2n) is 2.73. The standard InChI is InChI=1S/C8H10O2S/c1-8(10,6-9)5-7-3-2-4-11-7/h2-4,6,10H,5H2,1H3. The van der Waals surface area contributed by atoms with Crippen molar-refractivity contribution in [2.75, 3.05) is 0 Å². The number of aliphatic hydroxyl groups is 1. The molecule has 0 saturated carbocycles. The first kappa shape index (κ1) is 8.43. The number of carbonyl (C=O) groups excluding carboxylic acids is 1. The summed E-state index contributed by atoms with van der Waals surface area (Å²) in [5, 5.41) is 11.3. The number of rotatable bonds is 3. The summed E-state index contributed by atoms with van der Waals surface area (Å²) >= 11 is 1.55. The van der Waals surface area contributed by atoms with Gasteiger partial charge in [0.2, 0.25) is 0 Å². The quantitative estimate of drug-likeness (QED) is 0.693. The molecule has 1 rings (SSSR count). The van der Waals surface area contributed by atoms with Gasteiger partial charge < -0.3 is 9.90 Å². The molecular formula is C8H10O2S. The molecule has 0 aliphatic heterocycles. The largest absolute Gasteiger partial charge is 0.382 e. The molecular weight excluding hydrogens is 160 g/mol. The van der Waals surface area contributed by atoms with Crippen LogP contribution in [0.25, 0.3) is 0 Å². The van der Waals surface area contributed by atoms with Gasteiger partial charge >= 0.3 is 0 Å². The summed E-state index contributed by atoms with van der Waals surface area (Å²) in [5.74, 6) is 0. The van der Waals surface area contributed by atoms with Crippen molar-refractivity contribution in [3.63, 3.8) is 0 Å². The fourth-order valence-electron chi connectivity index (χ4n) is 0.808. The van der Waals surface area contributed by atoms with E-state index in [1.54, 1.807) is 11.3 Å². The molecule has 0 aromatic carbocycles. The van der Waals surface area contributed by atoms with Crippen LogP contribution >= 0.6 is 11.3 Å². The fraction of sp³-hybridized carbons (Fsp3) is 0.375. The van der Waals surface area contributed by atoms with Crippen molar-refractivity contribution in [1.82, 2.24) is 0 Å². The van der Waals surface area contributed by atoms with E-state index >= 15 is 0 Å². The summed E-state index contributed by atoms with van der Waals surface area (Å²) in [6.07, 6.45) is 0.987. The van der Waals surface area contributed by atoms with E-state index in [-0.39, 0.29) is 0 Å². The molecule has 0 amide bonds. The highest BCUT2D eigenvalue weighted by molar-refractivity contribution is 7.09. The lowest BCUT2D eigenvalue weighted by Crippen LogP contribution is -2.28. The third-order valence-corrected chi connectivity index (χ3v) is 2.24. The van der Waals surface area contributed by atoms with Crippen LogP contribution in [0.4, 0.5) is 0 Å². The predicted molar refractivity (Wildman–Crippen MR) is 44.7 cm³/mol. The fourth-order valence-corrected chi connectivity index (χ4v) is 1.67. The minimum absolute atomic E-state index is 0.411. The first-order chi connectivity index (χ1) is 5.14. The van der Waals surface area contributed by atoms with Gasteiger partial charge in [-0.2, -0.15) is 0 Å². The second-order valence-corrected chi connectivity index (χ2v) is 3.76. The van der Waals surface area contributed by atoms with Crippen molar-refractivity contribution in [3.05, 3.63) is 22.4 Å². The van der Waals surface area contributed by atoms with Crippen molar-refractivity contribution in [3.8, 4) is 0 Å². The summed E-state index contributed by atoms with van der Waals surface area (Å²) in [6.45, 7) is 1.51. The van der Waals surface area contributed by atoms with Crippen molar-refractivity contribution in [2.45, 2.75) is 18.9 Å². The minimum Gasteiger partial charge on any atom is -0.382 e. The van der Waals surface area contributed by atoms with Gasteiger partial charge in [0.05, 0.1) is 0 Å². The van der Waals surface area contributed by atoms with Crippen molar-refractivity contribution in [2.24, 2.45) is 0 Å². The molecule has 0 radical (unpaired) electrons. The molecule has 2 nitrogen and oxygen atoms in total. The van der Waals surface area contributed by atoms with Crippen molar-refractivity contribution >= 4 is 17.6 Å². The van der Waals surface area contributed by atoms with Gasteiger partial charge in [0, 0.05) is 11.3 Å². The Balaban J connectivity index is 2.63. The first-order valence-electron chi connectivity index (χ1n) is 3.35. The second kappa shape index (κ2) is 3.15. The lowest BCUT2D eigenvalue weighted by molar-refractivity contribution is -0.122. The van der Waals surface area contributed by atoms with Crippen LogP contribution in [-0.4, -0.2) is 17.0 Å². The third kappa shape index (κ3) is 2.44. The van der Waals surface area contributed by atoms with E-state index in [9.17, 15) is 9.90 Å². The number of thiophene rings is 1. The molecule has 0 saturated heterocycles. The Morgan fingerprint density at radius 2 is 2.55 bits per heavy atom. The maximum atomic E-state index is 10.3. The Hall–Kier alpha value is -0.670. The Kier molecular flexibility index (Phi) is 2.42. The van der Waals surface area contributed by atoms with E-state index in [0.717, 1.165) is 4.88 Å². The number of aldehydes is 1. The van der Waals surface area contributed by atoms with E-state index in [4.69, 9.17) is 0 Å². The van der Waals surface area contributed by atoms with Gasteiger partial charge in [-0.05, 0) is 18.4 Å². The zero-order valence-electron chi connectivity index (χ0n) is 6.28. The third-order valence-electron chi connectivity index (χ3n) is 1.37. The molecule has 0 fully saturated rings. The van der Waals surface area contributed by atoms with Crippen LogP contribution in [0.3, 0.4) is 0 Å². The molecule has 1 N–H and O–H groups in total. The maximum Gasteiger partial charge on any atom is 0.151 e. The highest BCUT2D eigenvalue weighted by atomic mass is 32.1. The Morgan fingerprint density at radius 1 is 1.82 bits per heavy atom. The Bertz CT molecular complexity index is 226. The average molecular weight is 170 g/mol. The molecule has 1 aromatic heterocycles. The molecule has 0 bridgehead atoms. The highest BCUT2D eigenvalue weighted by Crippen LogP contribution is 2.15. The molecule has 3 heteroatoms.